The first-order valence-electron chi connectivity index (χ1n) is 4.29. The summed E-state index contributed by atoms with van der Waals surface area (Å²) in [6.45, 7) is 0. The summed E-state index contributed by atoms with van der Waals surface area (Å²) < 4.78 is 61.9. The fourth-order valence-electron chi connectivity index (χ4n) is 1.17. The SMILES string of the molecule is N#CCc1cc(C(F)(F)F)nc(C(F)F)c1N. The molecule has 0 aliphatic rings. The lowest BCUT2D eigenvalue weighted by Gasteiger charge is -2.12. The summed E-state index contributed by atoms with van der Waals surface area (Å²) >= 11 is 0. The molecule has 0 saturated carbocycles. The van der Waals surface area contributed by atoms with Crippen LogP contribution in [-0.4, -0.2) is 4.98 Å². The highest BCUT2D eigenvalue weighted by Gasteiger charge is 2.35. The van der Waals surface area contributed by atoms with E-state index in [0.29, 0.717) is 6.07 Å². The van der Waals surface area contributed by atoms with Crippen LogP contribution in [0.5, 0.6) is 0 Å². The number of pyridine rings is 1. The van der Waals surface area contributed by atoms with Gasteiger partial charge in [0, 0.05) is 0 Å². The second-order valence-electron chi connectivity index (χ2n) is 3.10. The lowest BCUT2D eigenvalue weighted by molar-refractivity contribution is -0.141. The predicted molar refractivity (Wildman–Crippen MR) is 47.9 cm³/mol. The number of nitriles is 1. The van der Waals surface area contributed by atoms with Crippen molar-refractivity contribution in [3.63, 3.8) is 0 Å². The van der Waals surface area contributed by atoms with Crippen molar-refractivity contribution in [2.24, 2.45) is 0 Å². The van der Waals surface area contributed by atoms with Crippen molar-refractivity contribution in [3.05, 3.63) is 23.0 Å². The second kappa shape index (κ2) is 4.53. The molecule has 0 bridgehead atoms. The van der Waals surface area contributed by atoms with Gasteiger partial charge in [-0.15, -0.1) is 0 Å². The molecular weight excluding hydrogens is 245 g/mol. The number of hydrogen-bond donors (Lipinski definition) is 1. The Morgan fingerprint density at radius 2 is 2.00 bits per heavy atom. The van der Waals surface area contributed by atoms with Gasteiger partial charge in [-0.05, 0) is 11.6 Å². The quantitative estimate of drug-likeness (QED) is 0.822. The Kier molecular flexibility index (Phi) is 3.50. The van der Waals surface area contributed by atoms with Gasteiger partial charge in [-0.25, -0.2) is 13.8 Å². The highest BCUT2D eigenvalue weighted by atomic mass is 19.4. The average molecular weight is 251 g/mol. The van der Waals surface area contributed by atoms with Gasteiger partial charge in [-0.1, -0.05) is 0 Å². The van der Waals surface area contributed by atoms with E-state index in [0.717, 1.165) is 0 Å². The molecule has 0 aromatic carbocycles. The molecule has 0 unspecified atom stereocenters. The summed E-state index contributed by atoms with van der Waals surface area (Å²) in [6, 6.07) is 2.05. The Balaban J connectivity index is 3.43. The first-order chi connectivity index (χ1) is 7.77. The molecule has 1 aromatic rings. The first-order valence-corrected chi connectivity index (χ1v) is 4.29. The molecule has 1 aromatic heterocycles. The van der Waals surface area contributed by atoms with E-state index < -0.39 is 36.1 Å². The molecule has 0 atom stereocenters. The number of anilines is 1. The van der Waals surface area contributed by atoms with E-state index in [4.69, 9.17) is 11.0 Å². The van der Waals surface area contributed by atoms with Crippen molar-refractivity contribution in [1.29, 1.82) is 5.26 Å². The minimum absolute atomic E-state index is 0.301. The maximum Gasteiger partial charge on any atom is 0.433 e. The van der Waals surface area contributed by atoms with Gasteiger partial charge in [-0.3, -0.25) is 0 Å². The minimum Gasteiger partial charge on any atom is -0.397 e. The maximum absolute atomic E-state index is 12.4. The van der Waals surface area contributed by atoms with E-state index in [1.807, 2.05) is 0 Å². The van der Waals surface area contributed by atoms with Crippen molar-refractivity contribution >= 4 is 5.69 Å². The normalized spacial score (nSPS) is 11.6. The van der Waals surface area contributed by atoms with E-state index >= 15 is 0 Å². The first kappa shape index (κ1) is 13.2. The summed E-state index contributed by atoms with van der Waals surface area (Å²) in [6.07, 6.45) is -8.58. The van der Waals surface area contributed by atoms with Crippen LogP contribution < -0.4 is 5.73 Å². The summed E-state index contributed by atoms with van der Waals surface area (Å²) in [4.78, 5) is 2.78. The molecule has 17 heavy (non-hydrogen) atoms. The largest absolute Gasteiger partial charge is 0.433 e. The van der Waals surface area contributed by atoms with Gasteiger partial charge in [0.05, 0.1) is 18.2 Å². The van der Waals surface area contributed by atoms with Gasteiger partial charge in [-0.2, -0.15) is 18.4 Å². The van der Waals surface area contributed by atoms with Crippen LogP contribution in [0.4, 0.5) is 27.6 Å². The zero-order chi connectivity index (χ0) is 13.2. The summed E-state index contributed by atoms with van der Waals surface area (Å²) in [7, 11) is 0. The molecule has 0 radical (unpaired) electrons. The Bertz CT molecular complexity index is 461. The lowest BCUT2D eigenvalue weighted by atomic mass is 10.1. The second-order valence-corrected chi connectivity index (χ2v) is 3.10. The van der Waals surface area contributed by atoms with Crippen LogP contribution in [-0.2, 0) is 12.6 Å². The standard InChI is InChI=1S/C9H6F5N3/c10-8(11)7-6(16)4(1-2-15)3-5(17-7)9(12,13)14/h3,8H,1,16H2. The molecule has 92 valence electrons. The van der Waals surface area contributed by atoms with Crippen LogP contribution in [0.3, 0.4) is 0 Å². The Morgan fingerprint density at radius 3 is 2.41 bits per heavy atom. The van der Waals surface area contributed by atoms with Crippen molar-refractivity contribution in [1.82, 2.24) is 4.98 Å². The Hall–Kier alpha value is -1.91. The third-order valence-electron chi connectivity index (χ3n) is 1.94. The van der Waals surface area contributed by atoms with Crippen LogP contribution >= 0.6 is 0 Å². The third kappa shape index (κ3) is 2.81. The zero-order valence-electron chi connectivity index (χ0n) is 8.22. The van der Waals surface area contributed by atoms with Crippen LogP contribution in [0.25, 0.3) is 0 Å². The highest BCUT2D eigenvalue weighted by Crippen LogP contribution is 2.33. The fraction of sp³-hybridized carbons (Fsp3) is 0.333. The summed E-state index contributed by atoms with van der Waals surface area (Å²) in [5, 5.41) is 8.37. The van der Waals surface area contributed by atoms with E-state index in [1.54, 1.807) is 6.07 Å². The van der Waals surface area contributed by atoms with Gasteiger partial charge >= 0.3 is 6.18 Å². The van der Waals surface area contributed by atoms with Crippen molar-refractivity contribution in [2.75, 3.05) is 5.73 Å². The smallest absolute Gasteiger partial charge is 0.397 e. The van der Waals surface area contributed by atoms with Crippen molar-refractivity contribution in [3.8, 4) is 6.07 Å². The Morgan fingerprint density at radius 1 is 1.41 bits per heavy atom. The number of nitrogens with two attached hydrogens (primary N) is 1. The fourth-order valence-corrected chi connectivity index (χ4v) is 1.17. The minimum atomic E-state index is -4.86. The average Bonchev–Trinajstić information content (AvgIpc) is 2.19. The molecule has 1 heterocycles. The predicted octanol–water partition coefficient (Wildman–Crippen LogP) is 2.69. The molecule has 0 aliphatic carbocycles. The number of aromatic nitrogens is 1. The van der Waals surface area contributed by atoms with E-state index in [-0.39, 0.29) is 5.56 Å². The number of halogens is 5. The van der Waals surface area contributed by atoms with Crippen molar-refractivity contribution in [2.45, 2.75) is 19.0 Å². The summed E-state index contributed by atoms with van der Waals surface area (Å²) in [5.74, 6) is 0. The van der Waals surface area contributed by atoms with E-state index in [1.165, 1.54) is 0 Å². The van der Waals surface area contributed by atoms with E-state index in [9.17, 15) is 22.0 Å². The topological polar surface area (TPSA) is 62.7 Å². The van der Waals surface area contributed by atoms with Gasteiger partial charge in [0.15, 0.2) is 0 Å². The van der Waals surface area contributed by atoms with Crippen LogP contribution in [0.1, 0.15) is 23.4 Å². The molecule has 3 nitrogen and oxygen atoms in total. The highest BCUT2D eigenvalue weighted by molar-refractivity contribution is 5.53. The molecule has 0 fully saturated rings. The summed E-state index contributed by atoms with van der Waals surface area (Å²) in [5.41, 5.74) is 1.72. The van der Waals surface area contributed by atoms with Crippen LogP contribution in [0.15, 0.2) is 6.07 Å². The maximum atomic E-state index is 12.4. The molecule has 0 saturated heterocycles. The van der Waals surface area contributed by atoms with Crippen molar-refractivity contribution < 1.29 is 22.0 Å². The molecule has 8 heteroatoms. The van der Waals surface area contributed by atoms with Gasteiger partial charge in [0.25, 0.3) is 6.43 Å². The molecule has 0 spiro atoms. The molecule has 1 rings (SSSR count). The van der Waals surface area contributed by atoms with Gasteiger partial charge < -0.3 is 5.73 Å². The third-order valence-corrected chi connectivity index (χ3v) is 1.94. The Labute approximate surface area is 92.7 Å². The number of nitrogens with zero attached hydrogens (tertiary/aromatic N) is 2. The number of rotatable bonds is 2. The van der Waals surface area contributed by atoms with Gasteiger partial charge in [0.1, 0.15) is 11.4 Å². The lowest BCUT2D eigenvalue weighted by Crippen LogP contribution is -2.13. The molecule has 0 amide bonds. The zero-order valence-corrected chi connectivity index (χ0v) is 8.22. The van der Waals surface area contributed by atoms with Crippen LogP contribution in [0, 0.1) is 11.3 Å². The van der Waals surface area contributed by atoms with Gasteiger partial charge in [0.2, 0.25) is 0 Å². The number of alkyl halides is 5. The molecule has 0 aliphatic heterocycles. The van der Waals surface area contributed by atoms with Crippen LogP contribution in [0.2, 0.25) is 0 Å². The number of nitrogen functional groups attached to an aromatic ring is 1. The monoisotopic (exact) mass is 251 g/mol. The molecule has 2 N–H and O–H groups in total. The molecular formula is C9H6F5N3. The van der Waals surface area contributed by atoms with E-state index in [2.05, 4.69) is 4.98 Å². The number of hydrogen-bond acceptors (Lipinski definition) is 3.